The van der Waals surface area contributed by atoms with E-state index in [2.05, 4.69) is 5.32 Å². The van der Waals surface area contributed by atoms with Crippen LogP contribution in [-0.2, 0) is 38.7 Å². The second kappa shape index (κ2) is 12.3. The van der Waals surface area contributed by atoms with E-state index in [0.29, 0.717) is 50.4 Å². The molecule has 1 aromatic heterocycles. The molecule has 1 aromatic carbocycles. The number of aromatic nitrogens is 2. The van der Waals surface area contributed by atoms with Crippen molar-refractivity contribution in [2.75, 3.05) is 32.1 Å². The van der Waals surface area contributed by atoms with E-state index >= 15 is 0 Å². The van der Waals surface area contributed by atoms with Crippen LogP contribution in [0.1, 0.15) is 65.7 Å². The van der Waals surface area contributed by atoms with Gasteiger partial charge in [-0.15, -0.1) is 0 Å². The smallest absolute Gasteiger partial charge is 0.338 e. The number of amides is 1. The summed E-state index contributed by atoms with van der Waals surface area (Å²) in [5.74, 6) is -0.650. The number of hydrogen-bond acceptors (Lipinski definition) is 7. The highest BCUT2D eigenvalue weighted by molar-refractivity contribution is 7.91. The fraction of sp³-hybridized carbons (Fsp3) is 0.560. The van der Waals surface area contributed by atoms with Crippen LogP contribution in [0.2, 0.25) is 0 Å². The van der Waals surface area contributed by atoms with Crippen LogP contribution < -0.4 is 5.32 Å². The largest absolute Gasteiger partial charge is 0.462 e. The summed E-state index contributed by atoms with van der Waals surface area (Å²) in [7, 11) is -3.32. The number of carbonyl (C=O) groups is 2. The van der Waals surface area contributed by atoms with Gasteiger partial charge in [0.2, 0.25) is 0 Å². The van der Waals surface area contributed by atoms with Crippen LogP contribution in [-0.4, -0.2) is 62.2 Å². The summed E-state index contributed by atoms with van der Waals surface area (Å²) in [4.78, 5) is 25.5. The predicted molar refractivity (Wildman–Crippen MR) is 131 cm³/mol. The summed E-state index contributed by atoms with van der Waals surface area (Å²) >= 11 is 0. The standard InChI is InChI=1S/C25H35N3O6S/c1-4-28-23-21(8-6-14-33-15-7-13-26-24(23)29)22(27-28)16-18(3)17-34-25(30)19-9-11-20(12-10-19)35(31,32)5-2/h9-12,18H,4-8,13-17H2,1-3H3,(H,26,29)/t18-/m1/s1. The van der Waals surface area contributed by atoms with Crippen molar-refractivity contribution in [3.63, 3.8) is 0 Å². The molecule has 1 aliphatic rings. The van der Waals surface area contributed by atoms with Gasteiger partial charge in [-0.2, -0.15) is 5.10 Å². The summed E-state index contributed by atoms with van der Waals surface area (Å²) in [6.45, 7) is 8.08. The minimum atomic E-state index is -3.32. The average Bonchev–Trinajstić information content (AvgIpc) is 3.18. The van der Waals surface area contributed by atoms with Crippen LogP contribution in [0.5, 0.6) is 0 Å². The normalized spacial score (nSPS) is 16.0. The number of nitrogens with one attached hydrogen (secondary N) is 1. The van der Waals surface area contributed by atoms with E-state index in [0.717, 1.165) is 24.1 Å². The van der Waals surface area contributed by atoms with Crippen LogP contribution in [0.15, 0.2) is 29.2 Å². The van der Waals surface area contributed by atoms with Crippen molar-refractivity contribution in [2.24, 2.45) is 5.92 Å². The molecule has 0 saturated heterocycles. The third-order valence-corrected chi connectivity index (χ3v) is 7.74. The van der Waals surface area contributed by atoms with Gasteiger partial charge < -0.3 is 14.8 Å². The molecule has 0 radical (unpaired) electrons. The van der Waals surface area contributed by atoms with E-state index in [-0.39, 0.29) is 29.1 Å². The number of carbonyl (C=O) groups excluding carboxylic acids is 2. The molecule has 1 amide bonds. The van der Waals surface area contributed by atoms with Crippen LogP contribution in [0.25, 0.3) is 0 Å². The Morgan fingerprint density at radius 1 is 1.20 bits per heavy atom. The summed E-state index contributed by atoms with van der Waals surface area (Å²) < 4.78 is 36.8. The fourth-order valence-corrected chi connectivity index (χ4v) is 4.91. The van der Waals surface area contributed by atoms with Gasteiger partial charge in [0.15, 0.2) is 9.84 Å². The van der Waals surface area contributed by atoms with Crippen LogP contribution in [0.3, 0.4) is 0 Å². The number of fused-ring (bicyclic) bond motifs is 1. The van der Waals surface area contributed by atoms with Gasteiger partial charge in [0.05, 0.1) is 28.5 Å². The van der Waals surface area contributed by atoms with Crippen LogP contribution in [0, 0.1) is 5.92 Å². The SMILES string of the molecule is CCn1nc(C[C@@H](C)COC(=O)c2ccc(S(=O)(=O)CC)cc2)c2c1C(=O)NCCCOCCC2. The van der Waals surface area contributed by atoms with Gasteiger partial charge in [-0.3, -0.25) is 9.48 Å². The Balaban J connectivity index is 1.68. The molecule has 10 heteroatoms. The minimum absolute atomic E-state index is 0.000483. The lowest BCUT2D eigenvalue weighted by Gasteiger charge is -2.13. The van der Waals surface area contributed by atoms with E-state index in [4.69, 9.17) is 14.6 Å². The molecular weight excluding hydrogens is 470 g/mol. The number of ether oxygens (including phenoxy) is 2. The molecule has 3 rings (SSSR count). The zero-order chi connectivity index (χ0) is 25.4. The molecular formula is C25H35N3O6S. The Hall–Kier alpha value is -2.72. The maximum absolute atomic E-state index is 12.9. The molecule has 0 saturated carbocycles. The lowest BCUT2D eigenvalue weighted by atomic mass is 9.99. The topological polar surface area (TPSA) is 117 Å². The van der Waals surface area contributed by atoms with Crippen molar-refractivity contribution in [3.8, 4) is 0 Å². The lowest BCUT2D eigenvalue weighted by molar-refractivity contribution is 0.0448. The Kier molecular flexibility index (Phi) is 9.45. The van der Waals surface area contributed by atoms with E-state index in [1.807, 2.05) is 13.8 Å². The molecule has 0 fully saturated rings. The molecule has 2 aromatic rings. The molecule has 0 bridgehead atoms. The number of sulfone groups is 1. The maximum Gasteiger partial charge on any atom is 0.338 e. The second-order valence-corrected chi connectivity index (χ2v) is 11.0. The maximum atomic E-state index is 12.9. The number of benzene rings is 1. The Morgan fingerprint density at radius 3 is 2.60 bits per heavy atom. The van der Waals surface area contributed by atoms with Crippen LogP contribution in [0.4, 0.5) is 0 Å². The molecule has 1 atom stereocenters. The zero-order valence-corrected chi connectivity index (χ0v) is 21.5. The molecule has 35 heavy (non-hydrogen) atoms. The molecule has 1 aliphatic heterocycles. The van der Waals surface area contributed by atoms with Gasteiger partial charge >= 0.3 is 5.97 Å². The van der Waals surface area contributed by atoms with Crippen molar-refractivity contribution in [3.05, 3.63) is 46.8 Å². The summed E-state index contributed by atoms with van der Waals surface area (Å²) in [6, 6.07) is 5.79. The quantitative estimate of drug-likeness (QED) is 0.548. The van der Waals surface area contributed by atoms with Crippen molar-refractivity contribution >= 4 is 21.7 Å². The molecule has 0 spiro atoms. The molecule has 9 nitrogen and oxygen atoms in total. The first kappa shape index (κ1) is 26.9. The summed E-state index contributed by atoms with van der Waals surface area (Å²) in [5, 5.41) is 7.68. The Morgan fingerprint density at radius 2 is 1.91 bits per heavy atom. The highest BCUT2D eigenvalue weighted by Crippen LogP contribution is 2.21. The summed E-state index contributed by atoms with van der Waals surface area (Å²) in [6.07, 6.45) is 2.82. The average molecular weight is 506 g/mol. The third-order valence-electron chi connectivity index (χ3n) is 5.98. The highest BCUT2D eigenvalue weighted by atomic mass is 32.2. The van der Waals surface area contributed by atoms with E-state index in [1.165, 1.54) is 24.3 Å². The van der Waals surface area contributed by atoms with Crippen molar-refractivity contribution in [1.29, 1.82) is 0 Å². The predicted octanol–water partition coefficient (Wildman–Crippen LogP) is 2.81. The van der Waals surface area contributed by atoms with Gasteiger partial charge in [0, 0.05) is 31.9 Å². The van der Waals surface area contributed by atoms with Crippen LogP contribution >= 0.6 is 0 Å². The van der Waals surface area contributed by atoms with Gasteiger partial charge in [0.1, 0.15) is 5.69 Å². The molecule has 192 valence electrons. The minimum Gasteiger partial charge on any atom is -0.462 e. The lowest BCUT2D eigenvalue weighted by Crippen LogP contribution is -2.28. The first-order valence-electron chi connectivity index (χ1n) is 12.2. The van der Waals surface area contributed by atoms with E-state index in [9.17, 15) is 18.0 Å². The van der Waals surface area contributed by atoms with Crippen molar-refractivity contribution in [2.45, 2.75) is 57.9 Å². The molecule has 1 N–H and O–H groups in total. The Bertz CT molecular complexity index is 1120. The monoisotopic (exact) mass is 505 g/mol. The Labute approximate surface area is 207 Å². The molecule has 2 heterocycles. The van der Waals surface area contributed by atoms with Gasteiger partial charge in [0.25, 0.3) is 5.91 Å². The number of rotatable bonds is 8. The second-order valence-electron chi connectivity index (χ2n) is 8.75. The number of hydrogen-bond donors (Lipinski definition) is 1. The molecule has 0 unspecified atom stereocenters. The first-order valence-corrected chi connectivity index (χ1v) is 13.9. The molecule has 0 aliphatic carbocycles. The zero-order valence-electron chi connectivity index (χ0n) is 20.7. The van der Waals surface area contributed by atoms with Crippen molar-refractivity contribution < 1.29 is 27.5 Å². The van der Waals surface area contributed by atoms with Gasteiger partial charge in [-0.1, -0.05) is 13.8 Å². The number of nitrogens with zero attached hydrogens (tertiary/aromatic N) is 2. The number of aryl methyl sites for hydroxylation is 1. The van der Waals surface area contributed by atoms with E-state index in [1.54, 1.807) is 11.6 Å². The third kappa shape index (κ3) is 6.91. The fourth-order valence-electron chi connectivity index (χ4n) is 4.03. The van der Waals surface area contributed by atoms with Gasteiger partial charge in [-0.25, -0.2) is 13.2 Å². The van der Waals surface area contributed by atoms with E-state index < -0.39 is 15.8 Å². The van der Waals surface area contributed by atoms with Gasteiger partial charge in [-0.05, 0) is 62.8 Å². The van der Waals surface area contributed by atoms with Crippen molar-refractivity contribution in [1.82, 2.24) is 15.1 Å². The number of esters is 1. The first-order chi connectivity index (χ1) is 16.8. The highest BCUT2D eigenvalue weighted by Gasteiger charge is 2.24. The summed E-state index contributed by atoms with van der Waals surface area (Å²) in [5.41, 5.74) is 2.68.